The number of nitrogens with zero attached hydrogens (tertiary/aromatic N) is 1. The maximum atomic E-state index is 5.70. The molecule has 0 radical (unpaired) electrons. The summed E-state index contributed by atoms with van der Waals surface area (Å²) in [6, 6.07) is 0.385. The monoisotopic (exact) mass is 185 g/mol. The van der Waals surface area contributed by atoms with Crippen LogP contribution in [0.3, 0.4) is 0 Å². The Morgan fingerprint density at radius 2 is 1.77 bits per heavy atom. The first kappa shape index (κ1) is 12.3. The van der Waals surface area contributed by atoms with Crippen LogP contribution in [-0.2, 0) is 0 Å². The first-order valence-electron chi connectivity index (χ1n) is 5.00. The van der Waals surface area contributed by atoms with Crippen LogP contribution in [0.25, 0.3) is 0 Å². The van der Waals surface area contributed by atoms with Gasteiger partial charge >= 0.3 is 0 Å². The Hall–Kier alpha value is -0.730. The topological polar surface area (TPSA) is 50.4 Å². The fraction of sp³-hybridized carbons (Fsp3) is 0.900. The van der Waals surface area contributed by atoms with Gasteiger partial charge in [0.1, 0.15) is 0 Å². The predicted molar refractivity (Wildman–Crippen MR) is 58.8 cm³/mol. The Morgan fingerprint density at radius 1 is 1.23 bits per heavy atom. The lowest BCUT2D eigenvalue weighted by atomic mass is 10.1. The van der Waals surface area contributed by atoms with Crippen molar-refractivity contribution >= 4 is 5.96 Å². The molecule has 78 valence electrons. The van der Waals surface area contributed by atoms with Crippen LogP contribution >= 0.6 is 0 Å². The van der Waals surface area contributed by atoms with Crippen LogP contribution in [0.15, 0.2) is 4.99 Å². The van der Waals surface area contributed by atoms with E-state index in [1.807, 2.05) is 0 Å². The van der Waals surface area contributed by atoms with Crippen molar-refractivity contribution in [3.63, 3.8) is 0 Å². The maximum absolute atomic E-state index is 5.70. The number of hydrogen-bond donors (Lipinski definition) is 2. The quantitative estimate of drug-likeness (QED) is 0.516. The highest BCUT2D eigenvalue weighted by Gasteiger charge is 2.06. The summed E-state index contributed by atoms with van der Waals surface area (Å²) in [6.07, 6.45) is 0. The van der Waals surface area contributed by atoms with Crippen LogP contribution in [0.2, 0.25) is 0 Å². The molecule has 1 unspecified atom stereocenters. The summed E-state index contributed by atoms with van der Waals surface area (Å²) in [5.74, 6) is 1.71. The molecule has 0 aromatic rings. The van der Waals surface area contributed by atoms with Gasteiger partial charge in [0.15, 0.2) is 5.96 Å². The average Bonchev–Trinajstić information content (AvgIpc) is 2.00. The van der Waals surface area contributed by atoms with E-state index in [-0.39, 0.29) is 0 Å². The van der Waals surface area contributed by atoms with E-state index in [4.69, 9.17) is 5.73 Å². The Balaban J connectivity index is 3.84. The van der Waals surface area contributed by atoms with Crippen LogP contribution in [-0.4, -0.2) is 18.5 Å². The molecule has 0 rings (SSSR count). The number of hydrogen-bond acceptors (Lipinski definition) is 1. The molecule has 3 heteroatoms. The Morgan fingerprint density at radius 3 is 2.15 bits per heavy atom. The fourth-order valence-corrected chi connectivity index (χ4v) is 0.726. The minimum absolute atomic E-state index is 0.385. The summed E-state index contributed by atoms with van der Waals surface area (Å²) in [4.78, 5) is 4.23. The second kappa shape index (κ2) is 5.84. The molecule has 3 N–H and O–H groups in total. The van der Waals surface area contributed by atoms with Crippen molar-refractivity contribution < 1.29 is 0 Å². The van der Waals surface area contributed by atoms with Crippen LogP contribution in [0.1, 0.15) is 34.6 Å². The lowest BCUT2D eigenvalue weighted by Crippen LogP contribution is -2.41. The summed E-state index contributed by atoms with van der Waals surface area (Å²) in [6.45, 7) is 11.5. The van der Waals surface area contributed by atoms with Crippen LogP contribution < -0.4 is 11.1 Å². The van der Waals surface area contributed by atoms with Crippen molar-refractivity contribution in [3.8, 4) is 0 Å². The van der Waals surface area contributed by atoms with Gasteiger partial charge in [-0.25, -0.2) is 0 Å². The maximum Gasteiger partial charge on any atom is 0.188 e. The highest BCUT2D eigenvalue weighted by atomic mass is 15.1. The van der Waals surface area contributed by atoms with Crippen molar-refractivity contribution in [2.24, 2.45) is 22.6 Å². The average molecular weight is 185 g/mol. The van der Waals surface area contributed by atoms with Crippen molar-refractivity contribution in [1.29, 1.82) is 0 Å². The lowest BCUT2D eigenvalue weighted by molar-refractivity contribution is 0.484. The van der Waals surface area contributed by atoms with E-state index in [1.165, 1.54) is 0 Å². The Labute approximate surface area is 81.8 Å². The zero-order chi connectivity index (χ0) is 10.4. The van der Waals surface area contributed by atoms with Gasteiger partial charge in [-0.2, -0.15) is 0 Å². The molecule has 13 heavy (non-hydrogen) atoms. The zero-order valence-corrected chi connectivity index (χ0v) is 9.46. The largest absolute Gasteiger partial charge is 0.370 e. The second-order valence-electron chi connectivity index (χ2n) is 4.30. The molecule has 0 aliphatic carbocycles. The molecule has 0 amide bonds. The molecule has 0 saturated carbocycles. The van der Waals surface area contributed by atoms with Crippen LogP contribution in [0.4, 0.5) is 0 Å². The zero-order valence-electron chi connectivity index (χ0n) is 9.46. The van der Waals surface area contributed by atoms with E-state index in [0.717, 1.165) is 6.54 Å². The lowest BCUT2D eigenvalue weighted by Gasteiger charge is -2.17. The first-order valence-corrected chi connectivity index (χ1v) is 5.00. The minimum Gasteiger partial charge on any atom is -0.370 e. The first-order chi connectivity index (χ1) is 5.93. The molecule has 0 heterocycles. The standard InChI is InChI=1S/C10H23N3/c1-7(2)6-12-10(11)13-9(5)8(3)4/h7-9H,6H2,1-5H3,(H3,11,12,13). The molecular weight excluding hydrogens is 162 g/mol. The van der Waals surface area contributed by atoms with Gasteiger partial charge < -0.3 is 11.1 Å². The molecule has 0 fully saturated rings. The molecule has 0 bridgehead atoms. The molecule has 0 saturated heterocycles. The van der Waals surface area contributed by atoms with Crippen LogP contribution in [0.5, 0.6) is 0 Å². The third-order valence-corrected chi connectivity index (χ3v) is 2.00. The van der Waals surface area contributed by atoms with Crippen LogP contribution in [0, 0.1) is 11.8 Å². The van der Waals surface area contributed by atoms with Gasteiger partial charge in [-0.05, 0) is 18.8 Å². The number of rotatable bonds is 4. The number of aliphatic imine (C=N–C) groups is 1. The third kappa shape index (κ3) is 6.43. The molecule has 0 aliphatic rings. The molecule has 1 atom stereocenters. The number of nitrogens with two attached hydrogens (primary N) is 1. The van der Waals surface area contributed by atoms with Gasteiger partial charge in [0.25, 0.3) is 0 Å². The third-order valence-electron chi connectivity index (χ3n) is 2.00. The smallest absolute Gasteiger partial charge is 0.188 e. The number of nitrogens with one attached hydrogen (secondary N) is 1. The van der Waals surface area contributed by atoms with E-state index in [1.54, 1.807) is 0 Å². The van der Waals surface area contributed by atoms with E-state index >= 15 is 0 Å². The predicted octanol–water partition coefficient (Wildman–Crippen LogP) is 1.59. The van der Waals surface area contributed by atoms with Crippen molar-refractivity contribution in [2.45, 2.75) is 40.7 Å². The molecule has 0 spiro atoms. The van der Waals surface area contributed by atoms with Gasteiger partial charge in [-0.3, -0.25) is 4.99 Å². The highest BCUT2D eigenvalue weighted by Crippen LogP contribution is 1.99. The highest BCUT2D eigenvalue weighted by molar-refractivity contribution is 5.78. The molecule has 3 nitrogen and oxygen atoms in total. The second-order valence-corrected chi connectivity index (χ2v) is 4.30. The molecule has 0 aromatic carbocycles. The Bertz CT molecular complexity index is 162. The summed E-state index contributed by atoms with van der Waals surface area (Å²) in [7, 11) is 0. The normalized spacial score (nSPS) is 15.2. The van der Waals surface area contributed by atoms with Gasteiger partial charge in [0, 0.05) is 12.6 Å². The van der Waals surface area contributed by atoms with E-state index in [2.05, 4.69) is 44.9 Å². The van der Waals surface area contributed by atoms with Crippen molar-refractivity contribution in [3.05, 3.63) is 0 Å². The summed E-state index contributed by atoms with van der Waals surface area (Å²) < 4.78 is 0. The van der Waals surface area contributed by atoms with Crippen molar-refractivity contribution in [1.82, 2.24) is 5.32 Å². The van der Waals surface area contributed by atoms with Gasteiger partial charge in [-0.1, -0.05) is 27.7 Å². The van der Waals surface area contributed by atoms with Gasteiger partial charge in [0.2, 0.25) is 0 Å². The fourth-order valence-electron chi connectivity index (χ4n) is 0.726. The molecule has 0 aromatic heterocycles. The van der Waals surface area contributed by atoms with E-state index < -0.39 is 0 Å². The SMILES string of the molecule is CC(C)CN=C(N)NC(C)C(C)C. The minimum atomic E-state index is 0.385. The van der Waals surface area contributed by atoms with Crippen molar-refractivity contribution in [2.75, 3.05) is 6.54 Å². The molecule has 0 aliphatic heterocycles. The summed E-state index contributed by atoms with van der Waals surface area (Å²) >= 11 is 0. The Kier molecular flexibility index (Phi) is 5.51. The van der Waals surface area contributed by atoms with E-state index in [9.17, 15) is 0 Å². The number of guanidine groups is 1. The van der Waals surface area contributed by atoms with Gasteiger partial charge in [0.05, 0.1) is 0 Å². The van der Waals surface area contributed by atoms with Gasteiger partial charge in [-0.15, -0.1) is 0 Å². The summed E-state index contributed by atoms with van der Waals surface area (Å²) in [5.41, 5.74) is 5.70. The summed E-state index contributed by atoms with van der Waals surface area (Å²) in [5, 5.41) is 3.16. The van der Waals surface area contributed by atoms with E-state index in [0.29, 0.717) is 23.8 Å². The molecular formula is C10H23N3.